The van der Waals surface area contributed by atoms with Crippen LogP contribution in [0.4, 0.5) is 0 Å². The Balaban J connectivity index is 2.80. The maximum Gasteiger partial charge on any atom is 0.307 e. The van der Waals surface area contributed by atoms with Gasteiger partial charge < -0.3 is 9.84 Å². The number of ether oxygens (including phenoxy) is 1. The molecule has 0 saturated heterocycles. The molecule has 0 aromatic heterocycles. The molecule has 0 amide bonds. The predicted octanol–water partition coefficient (Wildman–Crippen LogP) is 4.77. The summed E-state index contributed by atoms with van der Waals surface area (Å²) in [7, 11) is 0. The van der Waals surface area contributed by atoms with Gasteiger partial charge in [0, 0.05) is 0 Å². The molecule has 0 spiro atoms. The molecule has 1 aromatic rings. The fourth-order valence-electron chi connectivity index (χ4n) is 2.00. The van der Waals surface area contributed by atoms with Crippen LogP contribution in [0.3, 0.4) is 0 Å². The van der Waals surface area contributed by atoms with E-state index < -0.39 is 5.97 Å². The number of carboxylic acid groups (broad SMARTS) is 1. The first-order valence-corrected chi connectivity index (χ1v) is 7.52. The van der Waals surface area contributed by atoms with Crippen LogP contribution in [0.5, 0.6) is 5.75 Å². The summed E-state index contributed by atoms with van der Waals surface area (Å²) in [6.07, 6.45) is 10.3. The maximum absolute atomic E-state index is 10.8. The summed E-state index contributed by atoms with van der Waals surface area (Å²) in [6, 6.07) is 6.02. The van der Waals surface area contributed by atoms with Crippen LogP contribution in [0, 0.1) is 6.92 Å². The number of hydrogen-bond acceptors (Lipinski definition) is 2. The topological polar surface area (TPSA) is 46.5 Å². The molecule has 0 aliphatic rings. The molecule has 0 aliphatic heterocycles. The summed E-state index contributed by atoms with van der Waals surface area (Å²) in [5.74, 6) is 0.0843. The van der Waals surface area contributed by atoms with Crippen molar-refractivity contribution in [3.8, 4) is 5.75 Å². The van der Waals surface area contributed by atoms with Crippen LogP contribution < -0.4 is 4.74 Å². The minimum absolute atomic E-state index is 0.0253. The number of rotatable bonds is 8. The second-order valence-electron chi connectivity index (χ2n) is 5.04. The van der Waals surface area contributed by atoms with E-state index in [1.54, 1.807) is 0 Å². The van der Waals surface area contributed by atoms with Gasteiger partial charge in [0.15, 0.2) is 0 Å². The Labute approximate surface area is 132 Å². The van der Waals surface area contributed by atoms with Crippen molar-refractivity contribution in [2.75, 3.05) is 6.61 Å². The van der Waals surface area contributed by atoms with Crippen molar-refractivity contribution >= 4 is 12.0 Å². The van der Waals surface area contributed by atoms with Gasteiger partial charge in [-0.05, 0) is 49.1 Å². The van der Waals surface area contributed by atoms with E-state index in [0.717, 1.165) is 35.5 Å². The van der Waals surface area contributed by atoms with Gasteiger partial charge >= 0.3 is 5.97 Å². The van der Waals surface area contributed by atoms with Gasteiger partial charge in [0.25, 0.3) is 0 Å². The number of aryl methyl sites for hydroxylation is 1. The van der Waals surface area contributed by atoms with Crippen molar-refractivity contribution < 1.29 is 14.6 Å². The zero-order valence-electron chi connectivity index (χ0n) is 13.5. The number of benzene rings is 1. The van der Waals surface area contributed by atoms with E-state index in [9.17, 15) is 4.79 Å². The van der Waals surface area contributed by atoms with Gasteiger partial charge in [-0.25, -0.2) is 0 Å². The predicted molar refractivity (Wildman–Crippen MR) is 91.1 cm³/mol. The average Bonchev–Trinajstić information content (AvgIpc) is 2.46. The fourth-order valence-corrected chi connectivity index (χ4v) is 2.00. The lowest BCUT2D eigenvalue weighted by atomic mass is 10.1. The highest BCUT2D eigenvalue weighted by Gasteiger charge is 2.00. The molecule has 0 unspecified atom stereocenters. The monoisotopic (exact) mass is 300 g/mol. The normalized spacial score (nSPS) is 12.2. The number of carbonyl (C=O) groups is 1. The molecule has 0 atom stereocenters. The second kappa shape index (κ2) is 9.61. The van der Waals surface area contributed by atoms with Crippen LogP contribution >= 0.6 is 0 Å². The van der Waals surface area contributed by atoms with E-state index in [4.69, 9.17) is 9.84 Å². The highest BCUT2D eigenvalue weighted by atomic mass is 16.5. The number of carboxylic acids is 1. The Bertz CT molecular complexity index is 580. The Morgan fingerprint density at radius 1 is 1.36 bits per heavy atom. The van der Waals surface area contributed by atoms with Crippen LogP contribution in [-0.2, 0) is 4.79 Å². The lowest BCUT2D eigenvalue weighted by molar-refractivity contribution is -0.136. The molecule has 1 rings (SSSR count). The molecule has 1 N–H and O–H groups in total. The molecule has 1 aromatic carbocycles. The number of aliphatic carboxylic acids is 1. The molecule has 0 radical (unpaired) electrons. The van der Waals surface area contributed by atoms with E-state index in [2.05, 4.69) is 13.0 Å². The first-order valence-electron chi connectivity index (χ1n) is 7.52. The number of allylic oxidation sites excluding steroid dienone is 4. The zero-order chi connectivity index (χ0) is 16.4. The highest BCUT2D eigenvalue weighted by molar-refractivity contribution is 5.71. The van der Waals surface area contributed by atoms with Crippen molar-refractivity contribution in [3.05, 3.63) is 59.2 Å². The van der Waals surface area contributed by atoms with E-state index >= 15 is 0 Å². The molecule has 0 bridgehead atoms. The van der Waals surface area contributed by atoms with Gasteiger partial charge in [-0.15, -0.1) is 0 Å². The number of hydrogen-bond donors (Lipinski definition) is 1. The van der Waals surface area contributed by atoms with Crippen LogP contribution in [0.1, 0.15) is 37.8 Å². The summed E-state index contributed by atoms with van der Waals surface area (Å²) < 4.78 is 5.65. The summed E-state index contributed by atoms with van der Waals surface area (Å²) >= 11 is 0. The summed E-state index contributed by atoms with van der Waals surface area (Å²) in [5, 5.41) is 8.85. The van der Waals surface area contributed by atoms with Gasteiger partial charge in [-0.2, -0.15) is 0 Å². The van der Waals surface area contributed by atoms with E-state index in [-0.39, 0.29) is 6.42 Å². The summed E-state index contributed by atoms with van der Waals surface area (Å²) in [4.78, 5) is 10.8. The average molecular weight is 300 g/mol. The van der Waals surface area contributed by atoms with Crippen molar-refractivity contribution in [2.24, 2.45) is 0 Å². The Morgan fingerprint density at radius 3 is 2.73 bits per heavy atom. The van der Waals surface area contributed by atoms with Gasteiger partial charge in [0.1, 0.15) is 5.75 Å². The van der Waals surface area contributed by atoms with Crippen molar-refractivity contribution in [3.63, 3.8) is 0 Å². The summed E-state index contributed by atoms with van der Waals surface area (Å²) in [6.45, 7) is 6.70. The van der Waals surface area contributed by atoms with Crippen molar-refractivity contribution in [1.29, 1.82) is 0 Å². The molecule has 0 saturated carbocycles. The van der Waals surface area contributed by atoms with E-state index in [0.29, 0.717) is 0 Å². The van der Waals surface area contributed by atoms with Crippen LogP contribution in [-0.4, -0.2) is 17.7 Å². The minimum Gasteiger partial charge on any atom is -0.493 e. The Morgan fingerprint density at radius 2 is 2.14 bits per heavy atom. The smallest absolute Gasteiger partial charge is 0.307 e. The molecule has 3 heteroatoms. The first kappa shape index (κ1) is 17.8. The minimum atomic E-state index is -0.828. The molecule has 3 nitrogen and oxygen atoms in total. The SMILES string of the molecule is C\C=C/C(=C\C=C\c1ccc(OCCC)c(C)c1)CC(=O)O. The maximum atomic E-state index is 10.8. The molecule has 0 aliphatic carbocycles. The van der Waals surface area contributed by atoms with Gasteiger partial charge in [0.2, 0.25) is 0 Å². The standard InChI is InChI=1S/C19H24O3/c1-4-7-16(14-19(20)21)8-6-9-17-10-11-18(15(3)13-17)22-12-5-2/h4,6-11,13H,5,12,14H2,1-3H3,(H,20,21)/b7-4-,9-6+,16-8+. The molecule has 22 heavy (non-hydrogen) atoms. The Kier molecular flexibility index (Phi) is 7.76. The zero-order valence-corrected chi connectivity index (χ0v) is 13.5. The quantitative estimate of drug-likeness (QED) is 0.703. The van der Waals surface area contributed by atoms with Gasteiger partial charge in [-0.3, -0.25) is 4.79 Å². The molecular weight excluding hydrogens is 276 g/mol. The van der Waals surface area contributed by atoms with Crippen molar-refractivity contribution in [2.45, 2.75) is 33.6 Å². The lowest BCUT2D eigenvalue weighted by Gasteiger charge is -2.08. The summed E-state index contributed by atoms with van der Waals surface area (Å²) in [5.41, 5.74) is 2.93. The van der Waals surface area contributed by atoms with Crippen LogP contribution in [0.2, 0.25) is 0 Å². The highest BCUT2D eigenvalue weighted by Crippen LogP contribution is 2.20. The third-order valence-electron chi connectivity index (χ3n) is 3.00. The molecule has 118 valence electrons. The van der Waals surface area contributed by atoms with E-state index in [1.807, 2.05) is 56.4 Å². The fraction of sp³-hybridized carbons (Fsp3) is 0.316. The van der Waals surface area contributed by atoms with Crippen LogP contribution in [0.25, 0.3) is 6.08 Å². The largest absolute Gasteiger partial charge is 0.493 e. The third kappa shape index (κ3) is 6.44. The molecule has 0 heterocycles. The molecule has 0 fully saturated rings. The Hall–Kier alpha value is -2.29. The lowest BCUT2D eigenvalue weighted by Crippen LogP contribution is -1.96. The second-order valence-corrected chi connectivity index (χ2v) is 5.04. The molecular formula is C19H24O3. The first-order chi connectivity index (χ1) is 10.6. The van der Waals surface area contributed by atoms with Crippen LogP contribution in [0.15, 0.2) is 48.1 Å². The van der Waals surface area contributed by atoms with Gasteiger partial charge in [0.05, 0.1) is 13.0 Å². The third-order valence-corrected chi connectivity index (χ3v) is 3.00. The van der Waals surface area contributed by atoms with Crippen molar-refractivity contribution in [1.82, 2.24) is 0 Å². The van der Waals surface area contributed by atoms with Gasteiger partial charge in [-0.1, -0.05) is 43.4 Å². The van der Waals surface area contributed by atoms with E-state index in [1.165, 1.54) is 0 Å².